The minimum Gasteiger partial charge on any atom is -0.497 e. The minimum absolute atomic E-state index is 0. The molecule has 0 amide bonds. The van der Waals surface area contributed by atoms with Gasteiger partial charge in [0.1, 0.15) is 11.6 Å². The van der Waals surface area contributed by atoms with Crippen LogP contribution in [-0.2, 0) is 0 Å². The molecule has 98 valence electrons. The molecule has 0 aliphatic carbocycles. The molecular weight excluding hydrogens is 241 g/mol. The molecule has 2 N–H and O–H groups in total. The average molecular weight is 262 g/mol. The van der Waals surface area contributed by atoms with Gasteiger partial charge in [0, 0.05) is 17.7 Å². The zero-order valence-corrected chi connectivity index (χ0v) is 11.4. The first-order valence-electron chi connectivity index (χ1n) is 5.63. The molecule has 2 nitrogen and oxygen atoms in total. The highest BCUT2D eigenvalue weighted by molar-refractivity contribution is 5.85. The van der Waals surface area contributed by atoms with Crippen LogP contribution >= 0.6 is 12.4 Å². The fourth-order valence-electron chi connectivity index (χ4n) is 1.60. The molecular formula is C13H21ClFNO. The van der Waals surface area contributed by atoms with Crippen molar-refractivity contribution in [1.29, 1.82) is 0 Å². The van der Waals surface area contributed by atoms with Crippen molar-refractivity contribution in [3.63, 3.8) is 0 Å². The summed E-state index contributed by atoms with van der Waals surface area (Å²) in [5.41, 5.74) is 6.53. The van der Waals surface area contributed by atoms with Crippen molar-refractivity contribution in [2.45, 2.75) is 32.7 Å². The van der Waals surface area contributed by atoms with Gasteiger partial charge >= 0.3 is 0 Å². The van der Waals surface area contributed by atoms with Crippen molar-refractivity contribution < 1.29 is 9.13 Å². The Balaban J connectivity index is 0.00000256. The summed E-state index contributed by atoms with van der Waals surface area (Å²) in [6, 6.07) is 4.60. The third-order valence-corrected chi connectivity index (χ3v) is 2.66. The van der Waals surface area contributed by atoms with Gasteiger partial charge in [0.05, 0.1) is 7.11 Å². The zero-order chi connectivity index (χ0) is 12.1. The molecule has 0 radical (unpaired) electrons. The predicted molar refractivity (Wildman–Crippen MR) is 71.2 cm³/mol. The van der Waals surface area contributed by atoms with E-state index in [1.165, 1.54) is 13.2 Å². The van der Waals surface area contributed by atoms with Crippen LogP contribution in [0.1, 0.15) is 38.3 Å². The topological polar surface area (TPSA) is 35.2 Å². The van der Waals surface area contributed by atoms with Gasteiger partial charge in [0.15, 0.2) is 0 Å². The van der Waals surface area contributed by atoms with Crippen molar-refractivity contribution in [1.82, 2.24) is 0 Å². The van der Waals surface area contributed by atoms with Gasteiger partial charge in [-0.25, -0.2) is 4.39 Å². The highest BCUT2D eigenvalue weighted by Gasteiger charge is 2.12. The van der Waals surface area contributed by atoms with E-state index in [0.29, 0.717) is 17.2 Å². The molecule has 1 aromatic carbocycles. The first-order valence-corrected chi connectivity index (χ1v) is 5.63. The first-order chi connectivity index (χ1) is 7.54. The molecule has 1 aromatic rings. The zero-order valence-electron chi connectivity index (χ0n) is 10.6. The lowest BCUT2D eigenvalue weighted by Gasteiger charge is -2.14. The first kappa shape index (κ1) is 16.2. The van der Waals surface area contributed by atoms with Crippen LogP contribution in [0.25, 0.3) is 0 Å². The fourth-order valence-corrected chi connectivity index (χ4v) is 1.60. The van der Waals surface area contributed by atoms with Gasteiger partial charge in [-0.2, -0.15) is 0 Å². The SMILES string of the molecule is COc1ccc([C@H](N)CCC(C)C)c(F)c1.Cl. The van der Waals surface area contributed by atoms with Crippen LogP contribution in [0.4, 0.5) is 4.39 Å². The molecule has 0 spiro atoms. The molecule has 1 atom stereocenters. The van der Waals surface area contributed by atoms with Crippen molar-refractivity contribution in [3.05, 3.63) is 29.6 Å². The number of hydrogen-bond donors (Lipinski definition) is 1. The number of methoxy groups -OCH3 is 1. The number of benzene rings is 1. The third-order valence-electron chi connectivity index (χ3n) is 2.66. The van der Waals surface area contributed by atoms with Gasteiger partial charge in [0.25, 0.3) is 0 Å². The molecule has 0 saturated carbocycles. The summed E-state index contributed by atoms with van der Waals surface area (Å²) in [4.78, 5) is 0. The van der Waals surface area contributed by atoms with Crippen molar-refractivity contribution in [3.8, 4) is 5.75 Å². The Morgan fingerprint density at radius 3 is 2.41 bits per heavy atom. The van der Waals surface area contributed by atoms with Gasteiger partial charge in [-0.15, -0.1) is 12.4 Å². The molecule has 0 fully saturated rings. The number of rotatable bonds is 5. The lowest BCUT2D eigenvalue weighted by Crippen LogP contribution is -2.13. The van der Waals surface area contributed by atoms with E-state index in [-0.39, 0.29) is 24.3 Å². The molecule has 0 heterocycles. The standard InChI is InChI=1S/C13H20FNO.ClH/c1-9(2)4-7-13(15)11-6-5-10(16-3)8-12(11)14;/h5-6,8-9,13H,4,7,15H2,1-3H3;1H/t13-;/m1./s1. The fraction of sp³-hybridized carbons (Fsp3) is 0.538. The molecule has 0 saturated heterocycles. The van der Waals surface area contributed by atoms with E-state index in [9.17, 15) is 4.39 Å². The van der Waals surface area contributed by atoms with E-state index in [4.69, 9.17) is 10.5 Å². The predicted octanol–water partition coefficient (Wildman–Crippen LogP) is 3.69. The Labute approximate surface area is 109 Å². The molecule has 0 unspecified atom stereocenters. The van der Waals surface area contributed by atoms with E-state index in [2.05, 4.69) is 13.8 Å². The maximum absolute atomic E-state index is 13.7. The van der Waals surface area contributed by atoms with E-state index in [0.717, 1.165) is 12.8 Å². The monoisotopic (exact) mass is 261 g/mol. The molecule has 0 bridgehead atoms. The summed E-state index contributed by atoms with van der Waals surface area (Å²) in [5.74, 6) is 0.834. The van der Waals surface area contributed by atoms with E-state index in [1.54, 1.807) is 12.1 Å². The maximum Gasteiger partial charge on any atom is 0.131 e. The van der Waals surface area contributed by atoms with Gasteiger partial charge in [-0.1, -0.05) is 19.9 Å². The van der Waals surface area contributed by atoms with Crippen LogP contribution in [0.3, 0.4) is 0 Å². The van der Waals surface area contributed by atoms with Crippen LogP contribution in [0, 0.1) is 11.7 Å². The second kappa shape index (κ2) is 7.51. The Bertz CT molecular complexity index is 344. The molecule has 0 aliphatic heterocycles. The number of halogens is 2. The second-order valence-corrected chi connectivity index (χ2v) is 4.47. The maximum atomic E-state index is 13.7. The van der Waals surface area contributed by atoms with Gasteiger partial charge in [-0.05, 0) is 24.8 Å². The number of ether oxygens (including phenoxy) is 1. The van der Waals surface area contributed by atoms with E-state index >= 15 is 0 Å². The van der Waals surface area contributed by atoms with Gasteiger partial charge in [0.2, 0.25) is 0 Å². The van der Waals surface area contributed by atoms with Crippen LogP contribution in [0.2, 0.25) is 0 Å². The minimum atomic E-state index is -0.282. The normalized spacial score (nSPS) is 12.1. The van der Waals surface area contributed by atoms with Crippen molar-refractivity contribution in [2.24, 2.45) is 11.7 Å². The quantitative estimate of drug-likeness (QED) is 0.877. The highest BCUT2D eigenvalue weighted by Crippen LogP contribution is 2.24. The van der Waals surface area contributed by atoms with Gasteiger partial charge < -0.3 is 10.5 Å². The second-order valence-electron chi connectivity index (χ2n) is 4.47. The molecule has 1 rings (SSSR count). The Hall–Kier alpha value is -0.800. The lowest BCUT2D eigenvalue weighted by molar-refractivity contribution is 0.409. The number of nitrogens with two attached hydrogens (primary N) is 1. The van der Waals surface area contributed by atoms with Crippen molar-refractivity contribution in [2.75, 3.05) is 7.11 Å². The Kier molecular flexibility index (Phi) is 7.16. The Morgan fingerprint density at radius 1 is 1.29 bits per heavy atom. The summed E-state index contributed by atoms with van der Waals surface area (Å²) in [7, 11) is 1.52. The summed E-state index contributed by atoms with van der Waals surface area (Å²) >= 11 is 0. The smallest absolute Gasteiger partial charge is 0.131 e. The molecule has 0 aromatic heterocycles. The van der Waals surface area contributed by atoms with Crippen LogP contribution < -0.4 is 10.5 Å². The van der Waals surface area contributed by atoms with Crippen LogP contribution in [0.15, 0.2) is 18.2 Å². The van der Waals surface area contributed by atoms with Gasteiger partial charge in [-0.3, -0.25) is 0 Å². The van der Waals surface area contributed by atoms with Crippen molar-refractivity contribution >= 4 is 12.4 Å². The van der Waals surface area contributed by atoms with E-state index in [1.807, 2.05) is 0 Å². The lowest BCUT2D eigenvalue weighted by atomic mass is 9.98. The molecule has 17 heavy (non-hydrogen) atoms. The van der Waals surface area contributed by atoms with Crippen LogP contribution in [0.5, 0.6) is 5.75 Å². The molecule has 0 aliphatic rings. The summed E-state index contributed by atoms with van der Waals surface area (Å²) < 4.78 is 18.6. The summed E-state index contributed by atoms with van der Waals surface area (Å²) in [6.07, 6.45) is 1.81. The third kappa shape index (κ3) is 4.92. The van der Waals surface area contributed by atoms with E-state index < -0.39 is 0 Å². The summed E-state index contributed by atoms with van der Waals surface area (Å²) in [5, 5.41) is 0. The Morgan fingerprint density at radius 2 is 1.94 bits per heavy atom. The molecule has 4 heteroatoms. The average Bonchev–Trinajstić information content (AvgIpc) is 2.25. The number of hydrogen-bond acceptors (Lipinski definition) is 2. The summed E-state index contributed by atoms with van der Waals surface area (Å²) in [6.45, 7) is 4.27. The highest BCUT2D eigenvalue weighted by atomic mass is 35.5. The largest absolute Gasteiger partial charge is 0.497 e. The van der Waals surface area contributed by atoms with Crippen LogP contribution in [-0.4, -0.2) is 7.11 Å².